The Morgan fingerprint density at radius 2 is 2.04 bits per heavy atom. The Balaban J connectivity index is 1.63. The summed E-state index contributed by atoms with van der Waals surface area (Å²) in [4.78, 5) is 24.5. The van der Waals surface area contributed by atoms with Gasteiger partial charge >= 0.3 is 11.9 Å². The monoisotopic (exact) mass is 368 g/mol. The topological polar surface area (TPSA) is 72.8 Å². The summed E-state index contributed by atoms with van der Waals surface area (Å²) in [6.45, 7) is 7.63. The van der Waals surface area contributed by atoms with Crippen LogP contribution in [-0.4, -0.2) is 34.9 Å². The highest BCUT2D eigenvalue weighted by molar-refractivity contribution is 5.91. The van der Waals surface area contributed by atoms with Gasteiger partial charge in [-0.05, 0) is 44.4 Å². The fourth-order valence-electron chi connectivity index (χ4n) is 4.94. The van der Waals surface area contributed by atoms with E-state index in [0.717, 1.165) is 5.57 Å². The molecule has 142 valence electrons. The van der Waals surface area contributed by atoms with Crippen molar-refractivity contribution in [2.45, 2.75) is 44.5 Å². The van der Waals surface area contributed by atoms with E-state index in [1.165, 1.54) is 0 Å². The summed E-state index contributed by atoms with van der Waals surface area (Å²) in [6, 6.07) is 8.87. The molecular formula is C22H24O5. The quantitative estimate of drug-likeness (QED) is 0.493. The van der Waals surface area contributed by atoms with E-state index in [0.29, 0.717) is 24.0 Å². The molecule has 1 saturated heterocycles. The molecule has 5 nitrogen and oxygen atoms in total. The number of rotatable bonds is 2. The van der Waals surface area contributed by atoms with Gasteiger partial charge in [0, 0.05) is 23.8 Å². The first-order valence-corrected chi connectivity index (χ1v) is 9.34. The van der Waals surface area contributed by atoms with E-state index in [4.69, 9.17) is 9.47 Å². The fraction of sp³-hybridized carbons (Fsp3) is 0.455. The molecule has 0 bridgehead atoms. The highest BCUT2D eigenvalue weighted by Gasteiger charge is 2.56. The maximum atomic E-state index is 12.6. The summed E-state index contributed by atoms with van der Waals surface area (Å²) in [7, 11) is 0. The van der Waals surface area contributed by atoms with E-state index in [9.17, 15) is 14.7 Å². The lowest BCUT2D eigenvalue weighted by molar-refractivity contribution is -0.137. The summed E-state index contributed by atoms with van der Waals surface area (Å²) in [5.41, 5.74) is 0.946. The molecule has 27 heavy (non-hydrogen) atoms. The lowest BCUT2D eigenvalue weighted by Crippen LogP contribution is -2.33. The van der Waals surface area contributed by atoms with Crippen LogP contribution < -0.4 is 0 Å². The molecule has 1 aliphatic heterocycles. The molecule has 2 fully saturated rings. The van der Waals surface area contributed by atoms with Gasteiger partial charge in [0.15, 0.2) is 0 Å². The van der Waals surface area contributed by atoms with Crippen molar-refractivity contribution in [3.05, 3.63) is 59.7 Å². The number of hydrogen-bond acceptors (Lipinski definition) is 5. The third kappa shape index (κ3) is 3.00. The second-order valence-electron chi connectivity index (χ2n) is 8.15. The zero-order valence-electron chi connectivity index (χ0n) is 15.6. The van der Waals surface area contributed by atoms with Crippen molar-refractivity contribution in [1.29, 1.82) is 0 Å². The molecule has 0 radical (unpaired) electrons. The molecule has 0 aromatic heterocycles. The minimum atomic E-state index is -0.998. The van der Waals surface area contributed by atoms with Crippen molar-refractivity contribution in [2.75, 3.05) is 0 Å². The second kappa shape index (κ2) is 6.34. The molecule has 1 heterocycles. The van der Waals surface area contributed by atoms with Gasteiger partial charge in [0.2, 0.25) is 0 Å². The van der Waals surface area contributed by atoms with Gasteiger partial charge in [0.05, 0.1) is 11.2 Å². The first-order chi connectivity index (χ1) is 12.8. The summed E-state index contributed by atoms with van der Waals surface area (Å²) in [5.74, 6) is -1.13. The third-order valence-corrected chi connectivity index (χ3v) is 6.33. The SMILES string of the molecule is C=C1C(=O)OC2C=C(C)C3C(OC(=O)c4ccccc4)CC(C)(O)C3CC12. The van der Waals surface area contributed by atoms with E-state index in [2.05, 4.69) is 6.58 Å². The van der Waals surface area contributed by atoms with Crippen LogP contribution in [0.4, 0.5) is 0 Å². The second-order valence-corrected chi connectivity index (χ2v) is 8.15. The van der Waals surface area contributed by atoms with Crippen LogP contribution in [0, 0.1) is 17.8 Å². The van der Waals surface area contributed by atoms with E-state index >= 15 is 0 Å². The van der Waals surface area contributed by atoms with Crippen molar-refractivity contribution < 1.29 is 24.2 Å². The van der Waals surface area contributed by atoms with Gasteiger partial charge in [-0.2, -0.15) is 0 Å². The van der Waals surface area contributed by atoms with Crippen molar-refractivity contribution in [3.8, 4) is 0 Å². The maximum Gasteiger partial charge on any atom is 0.338 e. The van der Waals surface area contributed by atoms with Crippen LogP contribution in [0.1, 0.15) is 37.0 Å². The van der Waals surface area contributed by atoms with Crippen LogP contribution in [0.2, 0.25) is 0 Å². The van der Waals surface area contributed by atoms with Gasteiger partial charge in [0.1, 0.15) is 12.2 Å². The third-order valence-electron chi connectivity index (χ3n) is 6.33. The van der Waals surface area contributed by atoms with Crippen LogP contribution in [0.3, 0.4) is 0 Å². The number of carbonyl (C=O) groups is 2. The summed E-state index contributed by atoms with van der Waals surface area (Å²) < 4.78 is 11.3. The summed E-state index contributed by atoms with van der Waals surface area (Å²) in [5, 5.41) is 11.1. The number of benzene rings is 1. The molecule has 3 aliphatic rings. The molecule has 4 rings (SSSR count). The van der Waals surface area contributed by atoms with Crippen LogP contribution in [0.5, 0.6) is 0 Å². The number of hydrogen-bond donors (Lipinski definition) is 1. The lowest BCUT2D eigenvalue weighted by Gasteiger charge is -2.30. The van der Waals surface area contributed by atoms with Crippen molar-refractivity contribution in [1.82, 2.24) is 0 Å². The van der Waals surface area contributed by atoms with E-state index in [-0.39, 0.29) is 35.8 Å². The van der Waals surface area contributed by atoms with Gasteiger partial charge < -0.3 is 14.6 Å². The van der Waals surface area contributed by atoms with Crippen molar-refractivity contribution >= 4 is 11.9 Å². The molecule has 0 amide bonds. The predicted octanol–water partition coefficient (Wildman–Crippen LogP) is 3.05. The Hall–Kier alpha value is -2.40. The summed E-state index contributed by atoms with van der Waals surface area (Å²) >= 11 is 0. The minimum Gasteiger partial charge on any atom is -0.458 e. The zero-order chi connectivity index (χ0) is 19.3. The van der Waals surface area contributed by atoms with E-state index in [1.807, 2.05) is 19.1 Å². The average Bonchev–Trinajstić information content (AvgIpc) is 2.95. The summed E-state index contributed by atoms with van der Waals surface area (Å²) in [6.07, 6.45) is 2.12. The largest absolute Gasteiger partial charge is 0.458 e. The van der Waals surface area contributed by atoms with E-state index in [1.54, 1.807) is 31.2 Å². The number of aliphatic hydroxyl groups is 1. The Bertz CT molecular complexity index is 822. The molecule has 1 aromatic rings. The standard InChI is InChI=1S/C22H24O5/c1-12-9-17-15(13(2)20(23)26-17)10-16-19(12)18(11-22(16,3)25)27-21(24)14-7-5-4-6-8-14/h4-9,15-19,25H,2,10-11H2,1,3H3. The van der Waals surface area contributed by atoms with Crippen molar-refractivity contribution in [2.24, 2.45) is 17.8 Å². The van der Waals surface area contributed by atoms with Crippen molar-refractivity contribution in [3.63, 3.8) is 0 Å². The Morgan fingerprint density at radius 3 is 2.74 bits per heavy atom. The highest BCUT2D eigenvalue weighted by atomic mass is 16.6. The number of fused-ring (bicyclic) bond motifs is 2. The smallest absolute Gasteiger partial charge is 0.338 e. The number of esters is 2. The minimum absolute atomic E-state index is 0.107. The van der Waals surface area contributed by atoms with Crippen LogP contribution in [0.25, 0.3) is 0 Å². The number of carbonyl (C=O) groups excluding carboxylic acids is 2. The molecular weight excluding hydrogens is 344 g/mol. The Labute approximate surface area is 158 Å². The normalized spacial score (nSPS) is 37.7. The van der Waals surface area contributed by atoms with Gasteiger partial charge in [0.25, 0.3) is 0 Å². The molecule has 6 unspecified atom stereocenters. The molecule has 0 spiro atoms. The zero-order valence-corrected chi connectivity index (χ0v) is 15.6. The van der Waals surface area contributed by atoms with Gasteiger partial charge in [-0.1, -0.05) is 30.4 Å². The molecule has 6 atom stereocenters. The van der Waals surface area contributed by atoms with Gasteiger partial charge in [-0.15, -0.1) is 0 Å². The lowest BCUT2D eigenvalue weighted by atomic mass is 9.78. The molecule has 1 saturated carbocycles. The first kappa shape index (κ1) is 18.0. The molecule has 1 aromatic carbocycles. The Kier molecular flexibility index (Phi) is 4.22. The molecule has 1 N–H and O–H groups in total. The first-order valence-electron chi connectivity index (χ1n) is 9.34. The maximum absolute atomic E-state index is 12.6. The predicted molar refractivity (Wildman–Crippen MR) is 98.8 cm³/mol. The fourth-order valence-corrected chi connectivity index (χ4v) is 4.94. The van der Waals surface area contributed by atoms with Crippen LogP contribution in [0.15, 0.2) is 54.1 Å². The van der Waals surface area contributed by atoms with Crippen LogP contribution in [-0.2, 0) is 14.3 Å². The number of ether oxygens (including phenoxy) is 2. The van der Waals surface area contributed by atoms with Gasteiger partial charge in [-0.3, -0.25) is 0 Å². The van der Waals surface area contributed by atoms with Gasteiger partial charge in [-0.25, -0.2) is 9.59 Å². The highest BCUT2D eigenvalue weighted by Crippen LogP contribution is 2.52. The van der Waals surface area contributed by atoms with Crippen LogP contribution >= 0.6 is 0 Å². The average molecular weight is 368 g/mol. The Morgan fingerprint density at radius 1 is 1.33 bits per heavy atom. The molecule has 5 heteroatoms. The molecule has 2 aliphatic carbocycles. The van der Waals surface area contributed by atoms with E-state index < -0.39 is 11.7 Å².